The summed E-state index contributed by atoms with van der Waals surface area (Å²) in [5, 5.41) is 8.50. The van der Waals surface area contributed by atoms with Crippen molar-refractivity contribution >= 4 is 11.0 Å². The second kappa shape index (κ2) is 5.54. The molecule has 5 nitrogen and oxygen atoms in total. The summed E-state index contributed by atoms with van der Waals surface area (Å²) >= 11 is 0. The molecule has 1 N–H and O–H groups in total. The average Bonchev–Trinajstić information content (AvgIpc) is 2.91. The van der Waals surface area contributed by atoms with E-state index in [1.807, 2.05) is 44.3 Å². The Morgan fingerprint density at radius 3 is 2.86 bits per heavy atom. The van der Waals surface area contributed by atoms with Crippen molar-refractivity contribution in [3.63, 3.8) is 0 Å². The van der Waals surface area contributed by atoms with Crippen LogP contribution in [0.15, 0.2) is 51.7 Å². The highest BCUT2D eigenvalue weighted by atomic mass is 16.3. The monoisotopic (exact) mass is 283 g/mol. The average molecular weight is 283 g/mol. The number of nitrogens with one attached hydrogen (secondary N) is 1. The van der Waals surface area contributed by atoms with E-state index in [0.717, 1.165) is 22.4 Å². The highest BCUT2D eigenvalue weighted by molar-refractivity contribution is 5.77. The van der Waals surface area contributed by atoms with Crippen molar-refractivity contribution in [2.75, 3.05) is 7.05 Å². The van der Waals surface area contributed by atoms with Crippen molar-refractivity contribution in [3.8, 4) is 0 Å². The van der Waals surface area contributed by atoms with Gasteiger partial charge in [-0.1, -0.05) is 18.2 Å². The van der Waals surface area contributed by atoms with Gasteiger partial charge in [-0.3, -0.25) is 4.79 Å². The van der Waals surface area contributed by atoms with Gasteiger partial charge in [0.25, 0.3) is 5.56 Å². The first-order valence-corrected chi connectivity index (χ1v) is 6.88. The van der Waals surface area contributed by atoms with Gasteiger partial charge in [0.1, 0.15) is 11.3 Å². The number of furan rings is 1. The molecule has 1 unspecified atom stereocenters. The van der Waals surface area contributed by atoms with E-state index in [2.05, 4.69) is 10.4 Å². The molecule has 3 aromatic rings. The van der Waals surface area contributed by atoms with Crippen LogP contribution >= 0.6 is 0 Å². The molecule has 1 aromatic carbocycles. The number of para-hydroxylation sites is 1. The summed E-state index contributed by atoms with van der Waals surface area (Å²) in [5.41, 5.74) is 1.54. The fourth-order valence-corrected chi connectivity index (χ4v) is 2.35. The Balaban J connectivity index is 1.94. The first kappa shape index (κ1) is 13.6. The van der Waals surface area contributed by atoms with E-state index in [1.54, 1.807) is 6.07 Å². The predicted octanol–water partition coefficient (Wildman–Crippen LogP) is 2.26. The lowest BCUT2D eigenvalue weighted by molar-refractivity contribution is 0.385. The van der Waals surface area contributed by atoms with Crippen LogP contribution in [0.25, 0.3) is 11.0 Å². The van der Waals surface area contributed by atoms with Gasteiger partial charge in [0.2, 0.25) is 0 Å². The summed E-state index contributed by atoms with van der Waals surface area (Å²) < 4.78 is 7.32. The van der Waals surface area contributed by atoms with Crippen molar-refractivity contribution in [1.82, 2.24) is 15.1 Å². The van der Waals surface area contributed by atoms with Crippen molar-refractivity contribution in [1.29, 1.82) is 0 Å². The van der Waals surface area contributed by atoms with E-state index in [1.165, 1.54) is 10.7 Å². The fourth-order valence-electron chi connectivity index (χ4n) is 2.35. The third-order valence-electron chi connectivity index (χ3n) is 3.49. The van der Waals surface area contributed by atoms with Crippen molar-refractivity contribution in [3.05, 3.63) is 64.3 Å². The summed E-state index contributed by atoms with van der Waals surface area (Å²) in [6, 6.07) is 13.0. The first-order chi connectivity index (χ1) is 10.2. The number of hydrogen-bond donors (Lipinski definition) is 1. The second-order valence-corrected chi connectivity index (χ2v) is 5.02. The smallest absolute Gasteiger partial charge is 0.266 e. The quantitative estimate of drug-likeness (QED) is 0.798. The minimum atomic E-state index is -0.114. The molecule has 0 aliphatic carbocycles. The SMILES string of the molecule is CNC(Cn1nc(C)ccc1=O)c1cc2ccccc2o1. The van der Waals surface area contributed by atoms with Gasteiger partial charge in [-0.25, -0.2) is 4.68 Å². The molecule has 0 radical (unpaired) electrons. The van der Waals surface area contributed by atoms with Gasteiger partial charge in [-0.15, -0.1) is 0 Å². The van der Waals surface area contributed by atoms with Crippen LogP contribution in [0, 0.1) is 6.92 Å². The zero-order valence-corrected chi connectivity index (χ0v) is 12.0. The molecule has 0 saturated heterocycles. The second-order valence-electron chi connectivity index (χ2n) is 5.02. The van der Waals surface area contributed by atoms with Gasteiger partial charge in [0.05, 0.1) is 18.3 Å². The van der Waals surface area contributed by atoms with E-state index >= 15 is 0 Å². The Morgan fingerprint density at radius 1 is 1.29 bits per heavy atom. The third kappa shape index (κ3) is 2.73. The zero-order valence-electron chi connectivity index (χ0n) is 12.0. The summed E-state index contributed by atoms with van der Waals surface area (Å²) in [4.78, 5) is 11.9. The summed E-state index contributed by atoms with van der Waals surface area (Å²) in [7, 11) is 1.85. The van der Waals surface area contributed by atoms with Crippen molar-refractivity contribution in [2.24, 2.45) is 0 Å². The van der Waals surface area contributed by atoms with Crippen LogP contribution in [-0.2, 0) is 6.54 Å². The molecule has 5 heteroatoms. The molecule has 0 aliphatic heterocycles. The molecule has 0 saturated carbocycles. The van der Waals surface area contributed by atoms with E-state index in [-0.39, 0.29) is 11.6 Å². The maximum atomic E-state index is 11.9. The number of fused-ring (bicyclic) bond motifs is 1. The van der Waals surface area contributed by atoms with Gasteiger partial charge in [0.15, 0.2) is 0 Å². The van der Waals surface area contributed by atoms with Crippen LogP contribution in [0.1, 0.15) is 17.5 Å². The molecule has 0 fully saturated rings. The molecular weight excluding hydrogens is 266 g/mol. The lowest BCUT2D eigenvalue weighted by Crippen LogP contribution is -2.30. The molecular formula is C16H17N3O2. The first-order valence-electron chi connectivity index (χ1n) is 6.88. The van der Waals surface area contributed by atoms with E-state index in [0.29, 0.717) is 6.54 Å². The molecule has 2 aromatic heterocycles. The normalized spacial score (nSPS) is 12.7. The van der Waals surface area contributed by atoms with Crippen LogP contribution in [0.2, 0.25) is 0 Å². The van der Waals surface area contributed by atoms with Crippen molar-refractivity contribution < 1.29 is 4.42 Å². The van der Waals surface area contributed by atoms with Crippen LogP contribution in [0.4, 0.5) is 0 Å². The van der Waals surface area contributed by atoms with E-state index in [4.69, 9.17) is 4.42 Å². The zero-order chi connectivity index (χ0) is 14.8. The number of hydrogen-bond acceptors (Lipinski definition) is 4. The highest BCUT2D eigenvalue weighted by Crippen LogP contribution is 2.24. The molecule has 0 aliphatic rings. The number of benzene rings is 1. The van der Waals surface area contributed by atoms with Crippen LogP contribution in [-0.4, -0.2) is 16.8 Å². The summed E-state index contributed by atoms with van der Waals surface area (Å²) in [6.07, 6.45) is 0. The molecule has 2 heterocycles. The predicted molar refractivity (Wildman–Crippen MR) is 81.2 cm³/mol. The fraction of sp³-hybridized carbons (Fsp3) is 0.250. The van der Waals surface area contributed by atoms with Gasteiger partial charge < -0.3 is 9.73 Å². The summed E-state index contributed by atoms with van der Waals surface area (Å²) in [6.45, 7) is 2.29. The third-order valence-corrected chi connectivity index (χ3v) is 3.49. The van der Waals surface area contributed by atoms with Crippen LogP contribution in [0.3, 0.4) is 0 Å². The molecule has 108 valence electrons. The Labute approximate surface area is 122 Å². The van der Waals surface area contributed by atoms with Gasteiger partial charge >= 0.3 is 0 Å². The van der Waals surface area contributed by atoms with Crippen LogP contribution in [0.5, 0.6) is 0 Å². The minimum Gasteiger partial charge on any atom is -0.459 e. The highest BCUT2D eigenvalue weighted by Gasteiger charge is 2.16. The topological polar surface area (TPSA) is 60.1 Å². The van der Waals surface area contributed by atoms with E-state index in [9.17, 15) is 4.79 Å². The van der Waals surface area contributed by atoms with Crippen LogP contribution < -0.4 is 10.9 Å². The Hall–Kier alpha value is -2.40. The number of likely N-dealkylation sites (N-methyl/N-ethyl adjacent to an activating group) is 1. The molecule has 0 spiro atoms. The number of rotatable bonds is 4. The largest absolute Gasteiger partial charge is 0.459 e. The lowest BCUT2D eigenvalue weighted by atomic mass is 10.2. The number of aryl methyl sites for hydroxylation is 1. The van der Waals surface area contributed by atoms with E-state index < -0.39 is 0 Å². The van der Waals surface area contributed by atoms with Crippen molar-refractivity contribution in [2.45, 2.75) is 19.5 Å². The molecule has 1 atom stereocenters. The minimum absolute atomic E-state index is 0.107. The Bertz CT molecular complexity index is 787. The molecule has 0 amide bonds. The molecule has 21 heavy (non-hydrogen) atoms. The van der Waals surface area contributed by atoms with Gasteiger partial charge in [-0.05, 0) is 32.2 Å². The number of aromatic nitrogens is 2. The molecule has 0 bridgehead atoms. The summed E-state index contributed by atoms with van der Waals surface area (Å²) in [5.74, 6) is 0.800. The Morgan fingerprint density at radius 2 is 2.10 bits per heavy atom. The Kier molecular flexibility index (Phi) is 3.58. The number of nitrogens with zero attached hydrogens (tertiary/aromatic N) is 2. The maximum Gasteiger partial charge on any atom is 0.266 e. The lowest BCUT2D eigenvalue weighted by Gasteiger charge is -2.14. The van der Waals surface area contributed by atoms with Gasteiger partial charge in [0, 0.05) is 11.5 Å². The standard InChI is InChI=1S/C16H17N3O2/c1-11-7-8-16(20)19(18-11)10-13(17-2)15-9-12-5-3-4-6-14(12)21-15/h3-9,13,17H,10H2,1-2H3. The van der Waals surface area contributed by atoms with Gasteiger partial charge in [-0.2, -0.15) is 5.10 Å². The maximum absolute atomic E-state index is 11.9. The molecule has 3 rings (SSSR count).